The first kappa shape index (κ1) is 15.6. The summed E-state index contributed by atoms with van der Waals surface area (Å²) in [6.07, 6.45) is 0.696. The number of ether oxygens (including phenoxy) is 2. The van der Waals surface area contributed by atoms with E-state index in [1.807, 2.05) is 32.0 Å². The molecular formula is C23H25N3O3. The van der Waals surface area contributed by atoms with Crippen LogP contribution in [0.3, 0.4) is 0 Å². The van der Waals surface area contributed by atoms with Crippen LogP contribution >= 0.6 is 0 Å². The number of fused-ring (bicyclic) bond motifs is 3. The molecule has 1 N–H and O–H groups in total. The van der Waals surface area contributed by atoms with Gasteiger partial charge < -0.3 is 9.47 Å². The minimum Gasteiger partial charge on any atom is -0.493 e. The van der Waals surface area contributed by atoms with Gasteiger partial charge >= 0.3 is 5.69 Å². The summed E-state index contributed by atoms with van der Waals surface area (Å²) in [4.78, 5) is 20.3. The molecule has 2 heterocycles. The number of nitrogens with one attached hydrogen (secondary N) is 1. The summed E-state index contributed by atoms with van der Waals surface area (Å²) >= 11 is 0. The van der Waals surface area contributed by atoms with Crippen molar-refractivity contribution in [2.45, 2.75) is 33.7 Å². The molecule has 29 heavy (non-hydrogen) atoms. The zero-order chi connectivity index (χ0) is 23.2. The zero-order valence-corrected chi connectivity index (χ0v) is 16.9. The molecule has 0 aliphatic carbocycles. The molecular weight excluding hydrogens is 366 g/mol. The summed E-state index contributed by atoms with van der Waals surface area (Å²) in [5.74, 6) is 1.24. The Hall–Kier alpha value is -3.28. The number of nitrogens with zero attached hydrogens (tertiary/aromatic N) is 2. The van der Waals surface area contributed by atoms with Crippen molar-refractivity contribution in [1.29, 1.82) is 0 Å². The lowest BCUT2D eigenvalue weighted by Gasteiger charge is -2.23. The van der Waals surface area contributed by atoms with Crippen molar-refractivity contribution in [1.82, 2.24) is 9.55 Å². The molecule has 0 fully saturated rings. The van der Waals surface area contributed by atoms with Crippen molar-refractivity contribution in [3.63, 3.8) is 0 Å². The molecule has 0 bridgehead atoms. The number of aromatic nitrogens is 2. The fraction of sp³-hybridized carbons (Fsp3) is 0.304. The molecule has 0 atom stereocenters. The molecule has 0 saturated heterocycles. The molecule has 2 aromatic carbocycles. The van der Waals surface area contributed by atoms with E-state index in [1.165, 1.54) is 0 Å². The van der Waals surface area contributed by atoms with Crippen LogP contribution in [0.4, 0.5) is 5.69 Å². The van der Waals surface area contributed by atoms with Gasteiger partial charge in [0.1, 0.15) is 5.49 Å². The Morgan fingerprint density at radius 2 is 1.76 bits per heavy atom. The molecule has 1 aromatic heterocycles. The fourth-order valence-electron chi connectivity index (χ4n) is 3.89. The van der Waals surface area contributed by atoms with Crippen molar-refractivity contribution in [3.05, 3.63) is 68.6 Å². The number of aromatic amines is 1. The monoisotopic (exact) mass is 394 g/mol. The largest absolute Gasteiger partial charge is 0.493 e. The molecule has 3 aromatic rings. The number of rotatable bonds is 3. The van der Waals surface area contributed by atoms with E-state index in [0.717, 1.165) is 27.9 Å². The highest BCUT2D eigenvalue weighted by Crippen LogP contribution is 2.37. The molecule has 0 spiro atoms. The fourth-order valence-corrected chi connectivity index (χ4v) is 3.89. The first-order chi connectivity index (χ1) is 15.1. The van der Waals surface area contributed by atoms with E-state index in [4.69, 9.17) is 13.6 Å². The Morgan fingerprint density at radius 1 is 1.07 bits per heavy atom. The molecule has 1 aliphatic heterocycles. The number of hydrogen-bond donors (Lipinski definition) is 1. The maximum absolute atomic E-state index is 12.8. The van der Waals surface area contributed by atoms with Gasteiger partial charge in [-0.2, -0.15) is 0 Å². The second-order valence-corrected chi connectivity index (χ2v) is 7.18. The van der Waals surface area contributed by atoms with Crippen LogP contribution in [0.15, 0.2) is 40.1 Å². The summed E-state index contributed by atoms with van der Waals surface area (Å²) in [5.41, 5.74) is 5.22. The molecule has 0 radical (unpaired) electrons. The molecule has 0 amide bonds. The predicted molar refractivity (Wildman–Crippen MR) is 113 cm³/mol. The third kappa shape index (κ3) is 3.35. The van der Waals surface area contributed by atoms with Crippen LogP contribution in [0.2, 0.25) is 0 Å². The Labute approximate surface area is 173 Å². The van der Waals surface area contributed by atoms with Crippen molar-refractivity contribution in [3.8, 4) is 22.8 Å². The van der Waals surface area contributed by atoms with Gasteiger partial charge in [-0.05, 0) is 55.9 Å². The lowest BCUT2D eigenvalue weighted by molar-refractivity contribution is 0.354. The van der Waals surface area contributed by atoms with Crippen LogP contribution < -0.4 is 20.7 Å². The van der Waals surface area contributed by atoms with E-state index < -0.39 is 6.85 Å². The van der Waals surface area contributed by atoms with Gasteiger partial charge in [-0.15, -0.1) is 0 Å². The molecule has 4 rings (SSSR count). The van der Waals surface area contributed by atoms with Gasteiger partial charge in [-0.3, -0.25) is 9.55 Å². The van der Waals surface area contributed by atoms with Crippen LogP contribution in [-0.2, 0) is 13.0 Å². The lowest BCUT2D eigenvalue weighted by Crippen LogP contribution is -2.33. The first-order valence-corrected chi connectivity index (χ1v) is 9.38. The maximum Gasteiger partial charge on any atom is 0.327 e. The second-order valence-electron chi connectivity index (χ2n) is 7.18. The quantitative estimate of drug-likeness (QED) is 0.738. The minimum absolute atomic E-state index is 0.254. The van der Waals surface area contributed by atoms with Gasteiger partial charge in [0.25, 0.3) is 0 Å². The van der Waals surface area contributed by atoms with Crippen LogP contribution in [0.25, 0.3) is 11.3 Å². The van der Waals surface area contributed by atoms with E-state index in [9.17, 15) is 4.79 Å². The Kier molecular flexibility index (Phi) is 3.92. The molecule has 6 nitrogen and oxygen atoms in total. The highest BCUT2D eigenvalue weighted by Gasteiger charge is 2.20. The van der Waals surface area contributed by atoms with E-state index in [0.29, 0.717) is 35.6 Å². The van der Waals surface area contributed by atoms with Gasteiger partial charge in [0.2, 0.25) is 0 Å². The highest BCUT2D eigenvalue weighted by molar-refractivity contribution is 5.70. The zero-order valence-electron chi connectivity index (χ0n) is 19.9. The predicted octanol–water partition coefficient (Wildman–Crippen LogP) is 3.57. The number of methoxy groups -OCH3 is 2. The maximum atomic E-state index is 12.8. The van der Waals surface area contributed by atoms with Gasteiger partial charge in [0, 0.05) is 22.3 Å². The van der Waals surface area contributed by atoms with Gasteiger partial charge in [0.05, 0.1) is 25.6 Å². The van der Waals surface area contributed by atoms with Crippen LogP contribution in [0, 0.1) is 20.7 Å². The molecule has 0 saturated carbocycles. The first-order valence-electron chi connectivity index (χ1n) is 10.9. The van der Waals surface area contributed by atoms with Crippen molar-refractivity contribution < 1.29 is 13.6 Å². The normalized spacial score (nSPS) is 15.0. The molecule has 1 aliphatic rings. The van der Waals surface area contributed by atoms with Crippen molar-refractivity contribution >= 4 is 5.69 Å². The average molecular weight is 394 g/mol. The van der Waals surface area contributed by atoms with Gasteiger partial charge in [-0.25, -0.2) is 9.79 Å². The summed E-state index contributed by atoms with van der Waals surface area (Å²) in [6, 6.07) is 8.90. The molecule has 150 valence electrons. The van der Waals surface area contributed by atoms with Gasteiger partial charge in [-0.1, -0.05) is 17.7 Å². The number of hydrogen-bond acceptors (Lipinski definition) is 4. The SMILES string of the molecule is [2H]C([2H])([2H])c1cc(C)c(N=c2cc3n(c(=O)[nH]2)CCc2cc(OC)c(OC)cc2-3)c(C)c1. The Bertz CT molecular complexity index is 1310. The highest BCUT2D eigenvalue weighted by atomic mass is 16.5. The number of H-pyrrole nitrogens is 1. The summed E-state index contributed by atoms with van der Waals surface area (Å²) in [6.45, 7) is 1.99. The van der Waals surface area contributed by atoms with Crippen molar-refractivity contribution in [2.75, 3.05) is 14.2 Å². The van der Waals surface area contributed by atoms with Gasteiger partial charge in [0.15, 0.2) is 11.5 Å². The van der Waals surface area contributed by atoms with Crippen LogP contribution in [0.5, 0.6) is 11.5 Å². The van der Waals surface area contributed by atoms with E-state index >= 15 is 0 Å². The minimum atomic E-state index is -2.19. The average Bonchev–Trinajstić information content (AvgIpc) is 2.74. The summed E-state index contributed by atoms with van der Waals surface area (Å²) in [5, 5.41) is 0. The third-order valence-electron chi connectivity index (χ3n) is 5.26. The molecule has 0 unspecified atom stereocenters. The van der Waals surface area contributed by atoms with Crippen LogP contribution in [0.1, 0.15) is 26.4 Å². The number of aryl methyl sites for hydroxylation is 4. The van der Waals surface area contributed by atoms with E-state index in [-0.39, 0.29) is 11.3 Å². The number of benzene rings is 2. The van der Waals surface area contributed by atoms with Crippen LogP contribution in [-0.4, -0.2) is 23.8 Å². The van der Waals surface area contributed by atoms with E-state index in [2.05, 4.69) is 9.98 Å². The molecule has 6 heteroatoms. The topological polar surface area (TPSA) is 68.6 Å². The van der Waals surface area contributed by atoms with E-state index in [1.54, 1.807) is 30.9 Å². The Balaban J connectivity index is 1.90. The summed E-state index contributed by atoms with van der Waals surface area (Å²) < 4.78 is 35.5. The third-order valence-corrected chi connectivity index (χ3v) is 5.26. The lowest BCUT2D eigenvalue weighted by atomic mass is 9.97. The Morgan fingerprint density at radius 3 is 2.41 bits per heavy atom. The summed E-state index contributed by atoms with van der Waals surface area (Å²) in [7, 11) is 3.17. The van der Waals surface area contributed by atoms with Crippen molar-refractivity contribution in [2.24, 2.45) is 4.99 Å². The standard InChI is InChI=1S/C23H25N3O3/c1-13-8-14(2)22(15(3)9-13)24-21-12-18-17-11-20(29-5)19(28-4)10-16(17)6-7-26(18)23(27)25-21/h8-12H,6-7H2,1-5H3,(H,24,25,27)/i1D3. The second kappa shape index (κ2) is 7.28. The smallest absolute Gasteiger partial charge is 0.327 e.